The van der Waals surface area contributed by atoms with Gasteiger partial charge in [0, 0.05) is 23.6 Å². The van der Waals surface area contributed by atoms with E-state index in [1.54, 1.807) is 0 Å². The van der Waals surface area contributed by atoms with Crippen LogP contribution < -0.4 is 9.46 Å². The van der Waals surface area contributed by atoms with Gasteiger partial charge < -0.3 is 9.72 Å². The monoisotopic (exact) mass is 418 g/mol. The topological polar surface area (TPSA) is 79.9 Å². The average molecular weight is 419 g/mol. The summed E-state index contributed by atoms with van der Waals surface area (Å²) in [5, 5.41) is 0.314. The largest absolute Gasteiger partial charge is 0.481 e. The third kappa shape index (κ3) is 3.86. The van der Waals surface area contributed by atoms with Crippen molar-refractivity contribution in [1.29, 1.82) is 0 Å². The van der Waals surface area contributed by atoms with E-state index in [0.717, 1.165) is 0 Å². The highest BCUT2D eigenvalue weighted by atomic mass is 35.5. The van der Waals surface area contributed by atoms with E-state index in [9.17, 15) is 17.4 Å². The Balaban J connectivity index is 1.93. The van der Waals surface area contributed by atoms with E-state index in [0.29, 0.717) is 5.39 Å². The van der Waals surface area contributed by atoms with E-state index in [4.69, 9.17) is 16.3 Å². The fourth-order valence-electron chi connectivity index (χ4n) is 2.58. The first-order chi connectivity index (χ1) is 12.8. The summed E-state index contributed by atoms with van der Waals surface area (Å²) in [6.45, 7) is 1.53. The van der Waals surface area contributed by atoms with Crippen molar-refractivity contribution < 1.29 is 22.1 Å². The number of halogens is 4. The van der Waals surface area contributed by atoms with Gasteiger partial charge in [0.2, 0.25) is 18.3 Å². The summed E-state index contributed by atoms with van der Waals surface area (Å²) < 4.78 is 59.7. The average Bonchev–Trinajstić information content (AvgIpc) is 3.04. The van der Waals surface area contributed by atoms with Crippen LogP contribution >= 0.6 is 11.6 Å². The van der Waals surface area contributed by atoms with Crippen molar-refractivity contribution in [3.8, 4) is 5.88 Å². The second kappa shape index (κ2) is 7.73. The quantitative estimate of drug-likeness (QED) is 0.634. The van der Waals surface area contributed by atoms with Gasteiger partial charge in [-0.05, 0) is 19.1 Å². The molecule has 2 aromatic heterocycles. The van der Waals surface area contributed by atoms with Crippen molar-refractivity contribution in [3.05, 3.63) is 40.4 Å². The molecular formula is C16H14ClF3N4O2S. The number of H-pyrrole nitrogens is 1. The predicted molar refractivity (Wildman–Crippen MR) is 96.3 cm³/mol. The third-order valence-electron chi connectivity index (χ3n) is 3.82. The summed E-state index contributed by atoms with van der Waals surface area (Å²) in [5.74, 6) is -0.744. The summed E-state index contributed by atoms with van der Waals surface area (Å²) in [6.07, 6.45) is -1.76. The number of aromatic nitrogens is 3. The molecule has 1 aromatic carbocycles. The fraction of sp³-hybridized carbons (Fsp3) is 0.250. The number of anilines is 1. The standard InChI is InChI=1S/C16H14ClF3N4O2S/c1-7-9(5-12(18)19)15(26-2)23-16(22-7)24-27(25)11-6-21-14-8(11)3-4-10(17)13(14)20/h3-4,6,12,21H,5H2,1-2H3,(H,22,23,24). The number of aryl methyl sites for hydroxylation is 1. The summed E-state index contributed by atoms with van der Waals surface area (Å²) in [4.78, 5) is 11.0. The number of nitrogens with zero attached hydrogens (tertiary/aromatic N) is 2. The zero-order chi connectivity index (χ0) is 19.7. The lowest BCUT2D eigenvalue weighted by atomic mass is 10.2. The first-order valence-corrected chi connectivity index (χ1v) is 9.17. The van der Waals surface area contributed by atoms with Crippen molar-refractivity contribution >= 4 is 39.4 Å². The van der Waals surface area contributed by atoms with E-state index in [1.807, 2.05) is 0 Å². The zero-order valence-electron chi connectivity index (χ0n) is 14.1. The molecule has 0 spiro atoms. The van der Waals surface area contributed by atoms with E-state index in [2.05, 4.69) is 19.7 Å². The van der Waals surface area contributed by atoms with Crippen LogP contribution in [-0.2, 0) is 17.4 Å². The molecule has 0 bridgehead atoms. The molecule has 3 aromatic rings. The van der Waals surface area contributed by atoms with Crippen LogP contribution in [0.1, 0.15) is 11.3 Å². The zero-order valence-corrected chi connectivity index (χ0v) is 15.7. The molecule has 0 saturated heterocycles. The van der Waals surface area contributed by atoms with Crippen LogP contribution in [0.3, 0.4) is 0 Å². The van der Waals surface area contributed by atoms with Crippen LogP contribution in [0, 0.1) is 12.7 Å². The van der Waals surface area contributed by atoms with Crippen molar-refractivity contribution in [2.75, 3.05) is 11.8 Å². The minimum atomic E-state index is -2.58. The maximum Gasteiger partial charge on any atom is 0.242 e. The van der Waals surface area contributed by atoms with Crippen molar-refractivity contribution in [2.45, 2.75) is 24.7 Å². The Hall–Kier alpha value is -2.33. The first-order valence-electron chi connectivity index (χ1n) is 7.65. The molecule has 0 radical (unpaired) electrons. The second-order valence-corrected chi connectivity index (χ2v) is 7.11. The second-order valence-electron chi connectivity index (χ2n) is 5.52. The van der Waals surface area contributed by atoms with Crippen LogP contribution in [0.4, 0.5) is 19.1 Å². The maximum atomic E-state index is 14.0. The van der Waals surface area contributed by atoms with Crippen LogP contribution in [0.25, 0.3) is 10.9 Å². The molecular weight excluding hydrogens is 405 g/mol. The molecule has 6 nitrogen and oxygen atoms in total. The van der Waals surface area contributed by atoms with E-state index < -0.39 is 29.6 Å². The number of fused-ring (bicyclic) bond motifs is 1. The van der Waals surface area contributed by atoms with Gasteiger partial charge >= 0.3 is 0 Å². The molecule has 27 heavy (non-hydrogen) atoms. The van der Waals surface area contributed by atoms with Gasteiger partial charge in [-0.3, -0.25) is 4.72 Å². The van der Waals surface area contributed by atoms with Crippen LogP contribution in [-0.4, -0.2) is 32.7 Å². The van der Waals surface area contributed by atoms with Gasteiger partial charge in [-0.15, -0.1) is 0 Å². The molecule has 0 aliphatic carbocycles. The molecule has 11 heteroatoms. The van der Waals surface area contributed by atoms with Crippen molar-refractivity contribution in [1.82, 2.24) is 15.0 Å². The molecule has 0 aliphatic rings. The number of rotatable bonds is 6. The Morgan fingerprint density at radius 1 is 1.37 bits per heavy atom. The number of ether oxygens (including phenoxy) is 1. The highest BCUT2D eigenvalue weighted by Crippen LogP contribution is 2.29. The van der Waals surface area contributed by atoms with Crippen molar-refractivity contribution in [2.24, 2.45) is 0 Å². The normalized spacial score (nSPS) is 12.6. The Bertz CT molecular complexity index is 1030. The Morgan fingerprint density at radius 2 is 2.11 bits per heavy atom. The Kier molecular flexibility index (Phi) is 5.56. The number of benzene rings is 1. The van der Waals surface area contributed by atoms with Gasteiger partial charge in [-0.2, -0.15) is 4.98 Å². The van der Waals surface area contributed by atoms with E-state index in [-0.39, 0.29) is 38.5 Å². The van der Waals surface area contributed by atoms with Gasteiger partial charge in [-0.25, -0.2) is 22.4 Å². The number of aromatic amines is 1. The fourth-order valence-corrected chi connectivity index (χ4v) is 3.64. The minimum absolute atomic E-state index is 0.0287. The lowest BCUT2D eigenvalue weighted by Crippen LogP contribution is -2.12. The van der Waals surface area contributed by atoms with Gasteiger partial charge in [0.1, 0.15) is 0 Å². The molecule has 0 fully saturated rings. The smallest absolute Gasteiger partial charge is 0.242 e. The SMILES string of the molecule is COc1nc(NS(=O)c2c[nH]c3c(F)c(Cl)ccc23)nc(C)c1CC(F)F. The first kappa shape index (κ1) is 19.4. The van der Waals surface area contributed by atoms with Crippen LogP contribution in [0.5, 0.6) is 5.88 Å². The number of nitrogens with one attached hydrogen (secondary N) is 2. The lowest BCUT2D eigenvalue weighted by molar-refractivity contribution is 0.147. The molecule has 2 heterocycles. The Morgan fingerprint density at radius 3 is 2.78 bits per heavy atom. The molecule has 144 valence electrons. The van der Waals surface area contributed by atoms with Gasteiger partial charge in [0.05, 0.1) is 28.2 Å². The van der Waals surface area contributed by atoms with E-state index >= 15 is 0 Å². The maximum absolute atomic E-state index is 14.0. The molecule has 3 rings (SSSR count). The van der Waals surface area contributed by atoms with Gasteiger partial charge in [-0.1, -0.05) is 11.6 Å². The Labute approximate surface area is 159 Å². The van der Waals surface area contributed by atoms with Gasteiger partial charge in [0.25, 0.3) is 0 Å². The highest BCUT2D eigenvalue weighted by Gasteiger charge is 2.19. The highest BCUT2D eigenvalue weighted by molar-refractivity contribution is 7.86. The molecule has 2 N–H and O–H groups in total. The minimum Gasteiger partial charge on any atom is -0.481 e. The number of hydrogen-bond acceptors (Lipinski definition) is 4. The summed E-state index contributed by atoms with van der Waals surface area (Å²) in [6, 6.07) is 2.89. The summed E-state index contributed by atoms with van der Waals surface area (Å²) >= 11 is 5.73. The number of methoxy groups -OCH3 is 1. The third-order valence-corrected chi connectivity index (χ3v) is 5.22. The van der Waals surface area contributed by atoms with Gasteiger partial charge in [0.15, 0.2) is 16.8 Å². The van der Waals surface area contributed by atoms with Crippen LogP contribution in [0.2, 0.25) is 5.02 Å². The molecule has 1 atom stereocenters. The van der Waals surface area contributed by atoms with Crippen LogP contribution in [0.15, 0.2) is 23.2 Å². The lowest BCUT2D eigenvalue weighted by Gasteiger charge is -2.12. The molecule has 0 saturated carbocycles. The number of hydrogen-bond donors (Lipinski definition) is 2. The molecule has 0 amide bonds. The summed E-state index contributed by atoms with van der Waals surface area (Å²) in [5.41, 5.74) is 0.570. The predicted octanol–water partition coefficient (Wildman–Crippen LogP) is 4.01. The van der Waals surface area contributed by atoms with Crippen molar-refractivity contribution in [3.63, 3.8) is 0 Å². The number of alkyl halides is 2. The molecule has 1 unspecified atom stereocenters. The van der Waals surface area contributed by atoms with E-state index in [1.165, 1.54) is 32.4 Å². The molecule has 0 aliphatic heterocycles. The summed E-state index contributed by atoms with van der Waals surface area (Å²) in [7, 11) is -0.553.